The summed E-state index contributed by atoms with van der Waals surface area (Å²) >= 11 is 0. The first-order valence-corrected chi connectivity index (χ1v) is 9.82. The van der Waals surface area contributed by atoms with Crippen molar-refractivity contribution in [3.63, 3.8) is 0 Å². The molecule has 2 atom stereocenters. The molecule has 2 rings (SSSR count). The van der Waals surface area contributed by atoms with Gasteiger partial charge in [0, 0.05) is 23.5 Å². The molecule has 9 nitrogen and oxygen atoms in total. The van der Waals surface area contributed by atoms with Gasteiger partial charge < -0.3 is 15.4 Å². The average Bonchev–Trinajstić information content (AvgIpc) is 3.07. The van der Waals surface area contributed by atoms with Gasteiger partial charge in [-0.15, -0.1) is 0 Å². The molecular formula is C20H32N6O3. The summed E-state index contributed by atoms with van der Waals surface area (Å²) < 4.78 is 8.97. The second-order valence-electron chi connectivity index (χ2n) is 7.65. The van der Waals surface area contributed by atoms with Crippen LogP contribution in [0, 0.1) is 27.7 Å². The van der Waals surface area contributed by atoms with E-state index < -0.39 is 0 Å². The zero-order chi connectivity index (χ0) is 21.6. The topological polar surface area (TPSA) is 103 Å². The van der Waals surface area contributed by atoms with Crippen molar-refractivity contribution in [3.8, 4) is 0 Å². The van der Waals surface area contributed by atoms with E-state index in [0.717, 1.165) is 22.8 Å². The molecule has 0 spiro atoms. The summed E-state index contributed by atoms with van der Waals surface area (Å²) in [5.74, 6) is -0.523. The molecule has 0 radical (unpaired) electrons. The average molecular weight is 405 g/mol. The number of rotatable bonds is 10. The van der Waals surface area contributed by atoms with E-state index in [1.807, 2.05) is 63.0 Å². The van der Waals surface area contributed by atoms with Crippen LogP contribution in [0.4, 0.5) is 0 Å². The second-order valence-corrected chi connectivity index (χ2v) is 7.65. The van der Waals surface area contributed by atoms with Crippen LogP contribution in [-0.2, 0) is 27.4 Å². The predicted octanol–water partition coefficient (Wildman–Crippen LogP) is 1.04. The molecule has 0 fully saturated rings. The first kappa shape index (κ1) is 22.6. The van der Waals surface area contributed by atoms with Gasteiger partial charge in [-0.1, -0.05) is 0 Å². The summed E-state index contributed by atoms with van der Waals surface area (Å²) in [5, 5.41) is 14.5. The van der Waals surface area contributed by atoms with E-state index in [-0.39, 0.29) is 37.1 Å². The lowest BCUT2D eigenvalue weighted by Gasteiger charge is -2.16. The Morgan fingerprint density at radius 1 is 0.862 bits per heavy atom. The minimum absolute atomic E-state index is 0.0984. The fraction of sp³-hybridized carbons (Fsp3) is 0.600. The van der Waals surface area contributed by atoms with Crippen LogP contribution in [0.25, 0.3) is 0 Å². The third-order valence-electron chi connectivity index (χ3n) is 4.38. The maximum Gasteiger partial charge on any atom is 0.246 e. The van der Waals surface area contributed by atoms with Crippen LogP contribution in [0.2, 0.25) is 0 Å². The molecule has 2 unspecified atom stereocenters. The van der Waals surface area contributed by atoms with Crippen molar-refractivity contribution in [2.24, 2.45) is 0 Å². The number of amides is 2. The lowest BCUT2D eigenvalue weighted by atomic mass is 10.3. The van der Waals surface area contributed by atoms with Crippen LogP contribution in [0.1, 0.15) is 36.6 Å². The summed E-state index contributed by atoms with van der Waals surface area (Å²) in [6, 6.07) is 3.79. The van der Waals surface area contributed by atoms with E-state index >= 15 is 0 Å². The Kier molecular flexibility index (Phi) is 7.95. The van der Waals surface area contributed by atoms with Crippen molar-refractivity contribution in [2.75, 3.05) is 13.2 Å². The van der Waals surface area contributed by atoms with Crippen molar-refractivity contribution in [1.29, 1.82) is 0 Å². The predicted molar refractivity (Wildman–Crippen MR) is 109 cm³/mol. The lowest BCUT2D eigenvalue weighted by molar-refractivity contribution is -0.131. The van der Waals surface area contributed by atoms with Gasteiger partial charge in [-0.25, -0.2) is 0 Å². The molecule has 0 aliphatic rings. The lowest BCUT2D eigenvalue weighted by Crippen LogP contribution is -2.40. The second kappa shape index (κ2) is 10.2. The Morgan fingerprint density at radius 3 is 1.55 bits per heavy atom. The van der Waals surface area contributed by atoms with Gasteiger partial charge in [0.15, 0.2) is 0 Å². The Labute approximate surface area is 171 Å². The zero-order valence-electron chi connectivity index (χ0n) is 18.2. The molecular weight excluding hydrogens is 372 g/mol. The highest BCUT2D eigenvalue weighted by atomic mass is 16.5. The van der Waals surface area contributed by atoms with Crippen LogP contribution < -0.4 is 10.6 Å². The van der Waals surface area contributed by atoms with Crippen molar-refractivity contribution >= 4 is 11.8 Å². The number of ether oxygens (including phenoxy) is 1. The monoisotopic (exact) mass is 404 g/mol. The number of aromatic nitrogens is 4. The largest absolute Gasteiger partial charge is 0.362 e. The van der Waals surface area contributed by atoms with E-state index in [4.69, 9.17) is 4.74 Å². The SMILES string of the molecule is Cc1cc(C)n(CC(C)NC(=O)COCC(=O)NC(C)Cn2nc(C)cc2C)n1. The van der Waals surface area contributed by atoms with E-state index in [1.165, 1.54) is 0 Å². The van der Waals surface area contributed by atoms with E-state index in [0.29, 0.717) is 13.1 Å². The summed E-state index contributed by atoms with van der Waals surface area (Å²) in [6.07, 6.45) is 0. The Bertz CT molecular complexity index is 773. The fourth-order valence-corrected chi connectivity index (χ4v) is 3.20. The summed E-state index contributed by atoms with van der Waals surface area (Å²) in [6.45, 7) is 12.5. The molecule has 160 valence electrons. The molecule has 2 heterocycles. The molecule has 0 saturated carbocycles. The van der Waals surface area contributed by atoms with E-state index in [9.17, 15) is 9.59 Å². The van der Waals surface area contributed by atoms with Gasteiger partial charge in [-0.3, -0.25) is 19.0 Å². The normalized spacial score (nSPS) is 13.2. The first-order valence-electron chi connectivity index (χ1n) is 9.82. The van der Waals surface area contributed by atoms with Crippen molar-refractivity contribution in [2.45, 2.75) is 66.7 Å². The summed E-state index contributed by atoms with van der Waals surface area (Å²) in [7, 11) is 0. The number of hydrogen-bond acceptors (Lipinski definition) is 5. The van der Waals surface area contributed by atoms with E-state index in [2.05, 4.69) is 20.8 Å². The molecule has 0 saturated heterocycles. The number of carbonyl (C=O) groups excluding carboxylic acids is 2. The number of aryl methyl sites for hydroxylation is 4. The summed E-state index contributed by atoms with van der Waals surface area (Å²) in [4.78, 5) is 24.0. The van der Waals surface area contributed by atoms with Gasteiger partial charge in [0.25, 0.3) is 0 Å². The maximum absolute atomic E-state index is 12.0. The highest BCUT2D eigenvalue weighted by Crippen LogP contribution is 2.04. The van der Waals surface area contributed by atoms with Gasteiger partial charge in [0.2, 0.25) is 11.8 Å². The standard InChI is InChI=1S/C20H32N6O3/c1-13-7-17(5)25(23-13)9-15(3)21-19(27)11-29-12-20(28)22-16(4)10-26-18(6)8-14(2)24-26/h7-8,15-16H,9-12H2,1-6H3,(H,21,27)(H,22,28). The molecule has 9 heteroatoms. The van der Waals surface area contributed by atoms with Crippen LogP contribution >= 0.6 is 0 Å². The van der Waals surface area contributed by atoms with Gasteiger partial charge in [0.1, 0.15) is 13.2 Å². The quantitative estimate of drug-likeness (QED) is 0.616. The smallest absolute Gasteiger partial charge is 0.246 e. The van der Waals surface area contributed by atoms with Crippen LogP contribution in [0.5, 0.6) is 0 Å². The van der Waals surface area contributed by atoms with Gasteiger partial charge in [0.05, 0.1) is 24.5 Å². The van der Waals surface area contributed by atoms with Crippen molar-refractivity contribution in [1.82, 2.24) is 30.2 Å². The zero-order valence-corrected chi connectivity index (χ0v) is 18.2. The molecule has 0 aliphatic carbocycles. The van der Waals surface area contributed by atoms with Crippen LogP contribution in [-0.4, -0.2) is 56.7 Å². The highest BCUT2D eigenvalue weighted by Gasteiger charge is 2.13. The molecule has 0 aliphatic heterocycles. The maximum atomic E-state index is 12.0. The van der Waals surface area contributed by atoms with Gasteiger partial charge >= 0.3 is 0 Å². The molecule has 2 N–H and O–H groups in total. The first-order chi connectivity index (χ1) is 13.6. The van der Waals surface area contributed by atoms with E-state index in [1.54, 1.807) is 0 Å². The Morgan fingerprint density at radius 2 is 1.24 bits per heavy atom. The Hall–Kier alpha value is -2.68. The molecule has 0 aromatic carbocycles. The number of nitrogens with zero attached hydrogens (tertiary/aromatic N) is 4. The van der Waals surface area contributed by atoms with Gasteiger partial charge in [-0.05, 0) is 53.7 Å². The summed E-state index contributed by atoms with van der Waals surface area (Å²) in [5.41, 5.74) is 3.99. The highest BCUT2D eigenvalue weighted by molar-refractivity contribution is 5.79. The number of carbonyl (C=O) groups is 2. The minimum atomic E-state index is -0.262. The number of nitrogens with one attached hydrogen (secondary N) is 2. The van der Waals surface area contributed by atoms with Crippen LogP contribution in [0.3, 0.4) is 0 Å². The third kappa shape index (κ3) is 7.34. The molecule has 0 bridgehead atoms. The molecule has 2 aromatic heterocycles. The number of hydrogen-bond donors (Lipinski definition) is 2. The fourth-order valence-electron chi connectivity index (χ4n) is 3.20. The minimum Gasteiger partial charge on any atom is -0.362 e. The molecule has 29 heavy (non-hydrogen) atoms. The van der Waals surface area contributed by atoms with Gasteiger partial charge in [-0.2, -0.15) is 10.2 Å². The third-order valence-corrected chi connectivity index (χ3v) is 4.38. The molecule has 2 amide bonds. The van der Waals surface area contributed by atoms with Crippen LogP contribution in [0.15, 0.2) is 12.1 Å². The Balaban J connectivity index is 1.65. The molecule has 2 aromatic rings. The van der Waals surface area contributed by atoms with Crippen molar-refractivity contribution in [3.05, 3.63) is 34.9 Å². The van der Waals surface area contributed by atoms with Crippen molar-refractivity contribution < 1.29 is 14.3 Å².